The molecule has 0 saturated heterocycles. The number of carboxylic acids is 1. The minimum absolute atomic E-state index is 0.147. The number of fused-ring (bicyclic) bond motifs is 2. The number of carboxylic acid groups (broad SMARTS) is 1. The molecule has 0 spiro atoms. The number of rotatable bonds is 2. The van der Waals surface area contributed by atoms with Crippen molar-refractivity contribution in [2.45, 2.75) is 13.0 Å². The van der Waals surface area contributed by atoms with Crippen LogP contribution >= 0.6 is 0 Å². The Bertz CT molecular complexity index is 921. The molecule has 1 aliphatic rings. The number of benzene rings is 1. The van der Waals surface area contributed by atoms with Gasteiger partial charge in [0.15, 0.2) is 11.2 Å². The third kappa shape index (κ3) is 1.84. The summed E-state index contributed by atoms with van der Waals surface area (Å²) in [7, 11) is 0. The average Bonchev–Trinajstić information content (AvgIpc) is 2.43. The number of aliphatic carboxylic acids is 1. The number of aromatic nitrogens is 1. The van der Waals surface area contributed by atoms with Crippen molar-refractivity contribution < 1.29 is 14.7 Å². The average molecular weight is 269 g/mol. The normalized spacial score (nSPS) is 13.5. The number of Topliss-reactive ketones (excluding diaryl/α,β-unsaturated/α-hetero) is 1. The first kappa shape index (κ1) is 12.3. The van der Waals surface area contributed by atoms with Gasteiger partial charge in [0.05, 0.1) is 5.52 Å². The highest BCUT2D eigenvalue weighted by Gasteiger charge is 2.13. The summed E-state index contributed by atoms with van der Waals surface area (Å²) in [5.41, 5.74) is 0.333. The number of ketones is 1. The van der Waals surface area contributed by atoms with E-state index in [0.29, 0.717) is 16.3 Å². The van der Waals surface area contributed by atoms with Gasteiger partial charge in [0.1, 0.15) is 6.54 Å². The highest BCUT2D eigenvalue weighted by Crippen LogP contribution is 2.07. The molecule has 3 rings (SSSR count). The van der Waals surface area contributed by atoms with Crippen LogP contribution in [0.25, 0.3) is 23.1 Å². The van der Waals surface area contributed by atoms with E-state index in [0.717, 1.165) is 0 Å². The third-order valence-electron chi connectivity index (χ3n) is 3.35. The van der Waals surface area contributed by atoms with Crippen LogP contribution in [0.1, 0.15) is 6.42 Å². The molecular weight excluding hydrogens is 258 g/mol. The largest absolute Gasteiger partial charge is 0.480 e. The Labute approximate surface area is 113 Å². The molecular formula is C15H11NO4. The zero-order valence-corrected chi connectivity index (χ0v) is 10.5. The maximum absolute atomic E-state index is 12.4. The molecule has 0 aliphatic heterocycles. The van der Waals surface area contributed by atoms with Crippen LogP contribution in [-0.4, -0.2) is 21.4 Å². The van der Waals surface area contributed by atoms with Gasteiger partial charge in [-0.1, -0.05) is 18.2 Å². The van der Waals surface area contributed by atoms with Gasteiger partial charge < -0.3 is 9.67 Å². The summed E-state index contributed by atoms with van der Waals surface area (Å²) < 4.78 is 1.57. The molecule has 5 nitrogen and oxygen atoms in total. The molecule has 0 saturated carbocycles. The van der Waals surface area contributed by atoms with Crippen molar-refractivity contribution in [1.29, 1.82) is 0 Å². The fourth-order valence-corrected chi connectivity index (χ4v) is 2.52. The molecule has 1 aromatic heterocycles. The van der Waals surface area contributed by atoms with E-state index in [2.05, 4.69) is 0 Å². The van der Waals surface area contributed by atoms with Gasteiger partial charge in [-0.05, 0) is 18.2 Å². The van der Waals surface area contributed by atoms with Gasteiger partial charge in [-0.2, -0.15) is 0 Å². The Kier molecular flexibility index (Phi) is 2.75. The smallest absolute Gasteiger partial charge is 0.323 e. The summed E-state index contributed by atoms with van der Waals surface area (Å²) >= 11 is 0. The molecule has 1 N–H and O–H groups in total. The number of pyridine rings is 1. The molecule has 100 valence electrons. The maximum atomic E-state index is 12.4. The van der Waals surface area contributed by atoms with Gasteiger partial charge in [0.25, 0.3) is 0 Å². The summed E-state index contributed by atoms with van der Waals surface area (Å²) in [6.07, 6.45) is 3.11. The number of carbonyl (C=O) groups excluding carboxylic acids is 1. The van der Waals surface area contributed by atoms with Crippen LogP contribution in [0.2, 0.25) is 0 Å². The van der Waals surface area contributed by atoms with E-state index in [1.165, 1.54) is 6.08 Å². The van der Waals surface area contributed by atoms with E-state index in [-0.39, 0.29) is 29.4 Å². The van der Waals surface area contributed by atoms with E-state index in [1.807, 2.05) is 0 Å². The SMILES string of the molecule is O=C(O)Cn1c2c(c(=O)c3ccccc31)=CC(=O)CC=2. The first-order valence-corrected chi connectivity index (χ1v) is 6.16. The third-order valence-corrected chi connectivity index (χ3v) is 3.35. The number of hydrogen-bond acceptors (Lipinski definition) is 3. The Morgan fingerprint density at radius 1 is 1.25 bits per heavy atom. The molecule has 1 aliphatic carbocycles. The predicted octanol–water partition coefficient (Wildman–Crippen LogP) is -0.380. The highest BCUT2D eigenvalue weighted by atomic mass is 16.4. The van der Waals surface area contributed by atoms with Gasteiger partial charge in [-0.25, -0.2) is 0 Å². The van der Waals surface area contributed by atoms with Gasteiger partial charge in [-0.3, -0.25) is 14.4 Å². The molecule has 0 bridgehead atoms. The summed E-state index contributed by atoms with van der Waals surface area (Å²) in [5, 5.41) is 10.3. The topological polar surface area (TPSA) is 76.4 Å². The maximum Gasteiger partial charge on any atom is 0.323 e. The summed E-state index contributed by atoms with van der Waals surface area (Å²) in [6.45, 7) is -0.248. The Balaban J connectivity index is 2.57. The minimum atomic E-state index is -0.994. The van der Waals surface area contributed by atoms with Gasteiger partial charge in [0, 0.05) is 22.4 Å². The van der Waals surface area contributed by atoms with Gasteiger partial charge in [-0.15, -0.1) is 0 Å². The van der Waals surface area contributed by atoms with Crippen molar-refractivity contribution in [2.75, 3.05) is 0 Å². The van der Waals surface area contributed by atoms with Crippen LogP contribution < -0.4 is 16.0 Å². The molecule has 1 aromatic carbocycles. The second-order valence-electron chi connectivity index (χ2n) is 4.64. The van der Waals surface area contributed by atoms with E-state index in [4.69, 9.17) is 5.11 Å². The first-order chi connectivity index (χ1) is 9.58. The summed E-state index contributed by atoms with van der Waals surface area (Å²) in [4.78, 5) is 34.9. The minimum Gasteiger partial charge on any atom is -0.480 e. The number of carbonyl (C=O) groups is 2. The predicted molar refractivity (Wildman–Crippen MR) is 73.6 cm³/mol. The lowest BCUT2D eigenvalue weighted by atomic mass is 10.1. The molecule has 0 atom stereocenters. The van der Waals surface area contributed by atoms with Crippen LogP contribution in [-0.2, 0) is 16.1 Å². The Hall–Kier alpha value is -2.69. The van der Waals surface area contributed by atoms with E-state index < -0.39 is 5.97 Å². The van der Waals surface area contributed by atoms with Gasteiger partial charge in [0.2, 0.25) is 0 Å². The lowest BCUT2D eigenvalue weighted by Gasteiger charge is -2.12. The van der Waals surface area contributed by atoms with Crippen LogP contribution in [0.4, 0.5) is 0 Å². The van der Waals surface area contributed by atoms with Crippen molar-refractivity contribution in [3.8, 4) is 0 Å². The van der Waals surface area contributed by atoms with Crippen LogP contribution in [0, 0.1) is 0 Å². The monoisotopic (exact) mass is 269 g/mol. The fourth-order valence-electron chi connectivity index (χ4n) is 2.52. The summed E-state index contributed by atoms with van der Waals surface area (Å²) in [6, 6.07) is 6.83. The van der Waals surface area contributed by atoms with Crippen molar-refractivity contribution in [3.63, 3.8) is 0 Å². The lowest BCUT2D eigenvalue weighted by Crippen LogP contribution is -2.48. The number of nitrogens with zero attached hydrogens (tertiary/aromatic N) is 1. The molecule has 2 aromatic rings. The van der Waals surface area contributed by atoms with Crippen LogP contribution in [0.3, 0.4) is 0 Å². The standard InChI is InChI=1S/C15H11NO4/c17-9-5-6-13-11(7-9)15(20)10-3-1-2-4-12(10)16(13)8-14(18)19/h1-4,6-7H,5,8H2,(H,18,19). The van der Waals surface area contributed by atoms with E-state index in [9.17, 15) is 14.4 Å². The molecule has 0 unspecified atom stereocenters. The second kappa shape index (κ2) is 4.45. The quantitative estimate of drug-likeness (QED) is 0.806. The fraction of sp³-hybridized carbons (Fsp3) is 0.133. The molecule has 20 heavy (non-hydrogen) atoms. The summed E-state index contributed by atoms with van der Waals surface area (Å²) in [5.74, 6) is -1.14. The van der Waals surface area contributed by atoms with Crippen LogP contribution in [0.15, 0.2) is 29.1 Å². The zero-order valence-electron chi connectivity index (χ0n) is 10.5. The van der Waals surface area contributed by atoms with Gasteiger partial charge >= 0.3 is 5.97 Å². The first-order valence-electron chi connectivity index (χ1n) is 6.16. The zero-order chi connectivity index (χ0) is 14.3. The Morgan fingerprint density at radius 2 is 2.00 bits per heavy atom. The molecule has 0 amide bonds. The Morgan fingerprint density at radius 3 is 2.75 bits per heavy atom. The molecule has 5 heteroatoms. The van der Waals surface area contributed by atoms with E-state index >= 15 is 0 Å². The van der Waals surface area contributed by atoms with Crippen molar-refractivity contribution in [3.05, 3.63) is 45.1 Å². The molecule has 0 fully saturated rings. The number of hydrogen-bond donors (Lipinski definition) is 1. The lowest BCUT2D eigenvalue weighted by molar-refractivity contribution is -0.137. The second-order valence-corrected chi connectivity index (χ2v) is 4.64. The van der Waals surface area contributed by atoms with E-state index in [1.54, 1.807) is 34.9 Å². The van der Waals surface area contributed by atoms with Crippen molar-refractivity contribution >= 4 is 34.8 Å². The van der Waals surface area contributed by atoms with Crippen LogP contribution in [0.5, 0.6) is 0 Å². The molecule has 1 heterocycles. The van der Waals surface area contributed by atoms with Crippen molar-refractivity contribution in [1.82, 2.24) is 4.57 Å². The van der Waals surface area contributed by atoms with Crippen molar-refractivity contribution in [2.24, 2.45) is 0 Å². The molecule has 0 radical (unpaired) electrons. The number of para-hydroxylation sites is 1. The highest BCUT2D eigenvalue weighted by molar-refractivity contribution is 6.09.